The molecule has 0 aliphatic heterocycles. The van der Waals surface area contributed by atoms with Gasteiger partial charge in [0, 0.05) is 6.04 Å². The molecule has 0 spiro atoms. The van der Waals surface area contributed by atoms with Crippen LogP contribution in [0, 0.1) is 0 Å². The molecule has 2 aromatic rings. The highest BCUT2D eigenvalue weighted by Crippen LogP contribution is 2.05. The lowest BCUT2D eigenvalue weighted by Crippen LogP contribution is -2.40. The summed E-state index contributed by atoms with van der Waals surface area (Å²) in [4.78, 5) is 0. The Balaban J connectivity index is 1.66. The molecule has 1 heterocycles. The van der Waals surface area contributed by atoms with Gasteiger partial charge in [0.15, 0.2) is 5.11 Å². The molecule has 1 atom stereocenters. The standard InChI is InChI=1S/C16H20N2OS/c1-13(9-10-14-6-3-2-4-7-14)18-16(20)17-12-15-8-5-11-19-15/h2-8,11,13H,9-10,12H2,1H3,(H2,17,18,20)/t13-/m0/s1. The lowest BCUT2D eigenvalue weighted by atomic mass is 10.1. The zero-order valence-corrected chi connectivity index (χ0v) is 12.5. The molecule has 0 radical (unpaired) electrons. The summed E-state index contributed by atoms with van der Waals surface area (Å²) in [7, 11) is 0. The van der Waals surface area contributed by atoms with Crippen LogP contribution in [0.15, 0.2) is 53.1 Å². The van der Waals surface area contributed by atoms with Crippen molar-refractivity contribution in [3.8, 4) is 0 Å². The molecule has 0 aliphatic carbocycles. The van der Waals surface area contributed by atoms with Crippen LogP contribution in [0.25, 0.3) is 0 Å². The number of furan rings is 1. The Labute approximate surface area is 125 Å². The molecule has 1 aromatic heterocycles. The van der Waals surface area contributed by atoms with Crippen molar-refractivity contribution in [3.63, 3.8) is 0 Å². The molecule has 4 heteroatoms. The molecular weight excluding hydrogens is 268 g/mol. The van der Waals surface area contributed by atoms with E-state index in [0.29, 0.717) is 17.7 Å². The SMILES string of the molecule is C[C@@H](CCc1ccccc1)NC(=S)NCc1ccco1. The first-order valence-electron chi connectivity index (χ1n) is 6.84. The topological polar surface area (TPSA) is 37.2 Å². The maximum atomic E-state index is 5.27. The van der Waals surface area contributed by atoms with E-state index in [2.05, 4.69) is 41.8 Å². The molecule has 0 unspecified atom stereocenters. The third-order valence-corrected chi connectivity index (χ3v) is 3.35. The average molecular weight is 288 g/mol. The number of aryl methyl sites for hydroxylation is 1. The molecule has 0 amide bonds. The van der Waals surface area contributed by atoms with Gasteiger partial charge in [0.25, 0.3) is 0 Å². The lowest BCUT2D eigenvalue weighted by Gasteiger charge is -2.16. The van der Waals surface area contributed by atoms with Crippen molar-refractivity contribution in [2.24, 2.45) is 0 Å². The largest absolute Gasteiger partial charge is 0.467 e. The second kappa shape index (κ2) is 7.70. The Morgan fingerprint density at radius 1 is 1.20 bits per heavy atom. The Kier molecular flexibility index (Phi) is 5.62. The van der Waals surface area contributed by atoms with Gasteiger partial charge in [-0.3, -0.25) is 0 Å². The first-order chi connectivity index (χ1) is 9.74. The van der Waals surface area contributed by atoms with Gasteiger partial charge in [-0.05, 0) is 49.7 Å². The van der Waals surface area contributed by atoms with Crippen molar-refractivity contribution in [3.05, 3.63) is 60.1 Å². The Morgan fingerprint density at radius 2 is 2.00 bits per heavy atom. The first kappa shape index (κ1) is 14.6. The number of thiocarbonyl (C=S) groups is 1. The summed E-state index contributed by atoms with van der Waals surface area (Å²) in [5, 5.41) is 7.10. The summed E-state index contributed by atoms with van der Waals surface area (Å²) in [6.45, 7) is 2.76. The fraction of sp³-hybridized carbons (Fsp3) is 0.312. The molecule has 0 saturated heterocycles. The van der Waals surface area contributed by atoms with Gasteiger partial charge in [-0.15, -0.1) is 0 Å². The summed E-state index contributed by atoms with van der Waals surface area (Å²) >= 11 is 5.27. The Bertz CT molecular complexity index is 511. The summed E-state index contributed by atoms with van der Waals surface area (Å²) < 4.78 is 5.24. The number of hydrogen-bond donors (Lipinski definition) is 2. The molecule has 2 N–H and O–H groups in total. The van der Waals surface area contributed by atoms with Crippen LogP contribution in [-0.4, -0.2) is 11.2 Å². The van der Waals surface area contributed by atoms with Gasteiger partial charge in [-0.1, -0.05) is 30.3 Å². The van der Waals surface area contributed by atoms with Crippen molar-refractivity contribution in [2.45, 2.75) is 32.4 Å². The van der Waals surface area contributed by atoms with Crippen LogP contribution in [-0.2, 0) is 13.0 Å². The molecular formula is C16H20N2OS. The van der Waals surface area contributed by atoms with Crippen molar-refractivity contribution < 1.29 is 4.42 Å². The number of nitrogens with one attached hydrogen (secondary N) is 2. The summed E-state index contributed by atoms with van der Waals surface area (Å²) in [5.74, 6) is 0.881. The monoisotopic (exact) mass is 288 g/mol. The minimum Gasteiger partial charge on any atom is -0.467 e. The maximum absolute atomic E-state index is 5.27. The molecule has 20 heavy (non-hydrogen) atoms. The van der Waals surface area contributed by atoms with Gasteiger partial charge in [0.2, 0.25) is 0 Å². The zero-order chi connectivity index (χ0) is 14.2. The van der Waals surface area contributed by atoms with Gasteiger partial charge in [-0.2, -0.15) is 0 Å². The van der Waals surface area contributed by atoms with E-state index in [0.717, 1.165) is 18.6 Å². The van der Waals surface area contributed by atoms with E-state index in [-0.39, 0.29) is 0 Å². The second-order valence-corrected chi connectivity index (χ2v) is 5.24. The fourth-order valence-electron chi connectivity index (χ4n) is 1.96. The zero-order valence-electron chi connectivity index (χ0n) is 11.6. The molecule has 2 rings (SSSR count). The summed E-state index contributed by atoms with van der Waals surface area (Å²) in [6, 6.07) is 14.6. The minimum atomic E-state index is 0.340. The van der Waals surface area contributed by atoms with Crippen LogP contribution in [0.1, 0.15) is 24.7 Å². The van der Waals surface area contributed by atoms with Crippen LogP contribution in [0.4, 0.5) is 0 Å². The Hall–Kier alpha value is -1.81. The summed E-state index contributed by atoms with van der Waals surface area (Å²) in [6.07, 6.45) is 3.76. The predicted molar refractivity (Wildman–Crippen MR) is 85.5 cm³/mol. The predicted octanol–water partition coefficient (Wildman–Crippen LogP) is 3.27. The van der Waals surface area contributed by atoms with Crippen LogP contribution in [0.5, 0.6) is 0 Å². The third-order valence-electron chi connectivity index (χ3n) is 3.09. The van der Waals surface area contributed by atoms with E-state index < -0.39 is 0 Å². The van der Waals surface area contributed by atoms with Crippen LogP contribution < -0.4 is 10.6 Å². The smallest absolute Gasteiger partial charge is 0.166 e. The molecule has 106 valence electrons. The normalized spacial score (nSPS) is 11.8. The van der Waals surface area contributed by atoms with Crippen LogP contribution in [0.2, 0.25) is 0 Å². The molecule has 0 aliphatic rings. The lowest BCUT2D eigenvalue weighted by molar-refractivity contribution is 0.500. The fourth-order valence-corrected chi connectivity index (χ4v) is 2.23. The molecule has 3 nitrogen and oxygen atoms in total. The van der Waals surface area contributed by atoms with E-state index in [9.17, 15) is 0 Å². The molecule has 0 bridgehead atoms. The number of rotatable bonds is 6. The quantitative estimate of drug-likeness (QED) is 0.800. The van der Waals surface area contributed by atoms with E-state index in [1.165, 1.54) is 5.56 Å². The van der Waals surface area contributed by atoms with E-state index in [1.54, 1.807) is 6.26 Å². The van der Waals surface area contributed by atoms with Crippen LogP contribution >= 0.6 is 12.2 Å². The highest BCUT2D eigenvalue weighted by atomic mass is 32.1. The van der Waals surface area contributed by atoms with Gasteiger partial charge in [0.1, 0.15) is 5.76 Å². The molecule has 1 aromatic carbocycles. The van der Waals surface area contributed by atoms with Gasteiger partial charge in [0.05, 0.1) is 12.8 Å². The second-order valence-electron chi connectivity index (χ2n) is 4.83. The minimum absolute atomic E-state index is 0.340. The van der Waals surface area contributed by atoms with Crippen molar-refractivity contribution >= 4 is 17.3 Å². The van der Waals surface area contributed by atoms with Crippen LogP contribution in [0.3, 0.4) is 0 Å². The van der Waals surface area contributed by atoms with Crippen molar-refractivity contribution in [1.82, 2.24) is 10.6 Å². The van der Waals surface area contributed by atoms with Gasteiger partial charge >= 0.3 is 0 Å². The number of benzene rings is 1. The molecule has 0 fully saturated rings. The third kappa shape index (κ3) is 5.05. The van der Waals surface area contributed by atoms with E-state index >= 15 is 0 Å². The highest BCUT2D eigenvalue weighted by Gasteiger charge is 2.05. The molecule has 0 saturated carbocycles. The van der Waals surface area contributed by atoms with Gasteiger partial charge < -0.3 is 15.1 Å². The van der Waals surface area contributed by atoms with Gasteiger partial charge in [-0.25, -0.2) is 0 Å². The van der Waals surface area contributed by atoms with Crippen molar-refractivity contribution in [1.29, 1.82) is 0 Å². The first-order valence-corrected chi connectivity index (χ1v) is 7.25. The summed E-state index contributed by atoms with van der Waals surface area (Å²) in [5.41, 5.74) is 1.36. The highest BCUT2D eigenvalue weighted by molar-refractivity contribution is 7.80. The number of hydrogen-bond acceptors (Lipinski definition) is 2. The van der Waals surface area contributed by atoms with E-state index in [4.69, 9.17) is 16.6 Å². The maximum Gasteiger partial charge on any atom is 0.166 e. The van der Waals surface area contributed by atoms with E-state index in [1.807, 2.05) is 18.2 Å². The van der Waals surface area contributed by atoms with Crippen molar-refractivity contribution in [2.75, 3.05) is 0 Å². The Morgan fingerprint density at radius 3 is 2.70 bits per heavy atom. The average Bonchev–Trinajstić information content (AvgIpc) is 2.97.